The topological polar surface area (TPSA) is 88.3 Å². The number of alkyl carbamates (subject to hydrolysis) is 1. The molecule has 1 aromatic carbocycles. The Morgan fingerprint density at radius 1 is 1.32 bits per heavy atom. The lowest BCUT2D eigenvalue weighted by Gasteiger charge is -2.19. The molecule has 0 spiro atoms. The van der Waals surface area contributed by atoms with Crippen LogP contribution in [0.15, 0.2) is 29.3 Å². The fourth-order valence-electron chi connectivity index (χ4n) is 2.02. The molecule has 2 rings (SSSR count). The molecule has 0 bridgehead atoms. The largest absolute Gasteiger partial charge is 0.444 e. The van der Waals surface area contributed by atoms with Gasteiger partial charge in [0.1, 0.15) is 5.60 Å². The second-order valence-electron chi connectivity index (χ2n) is 6.15. The van der Waals surface area contributed by atoms with Crippen molar-refractivity contribution in [3.05, 3.63) is 30.0 Å². The van der Waals surface area contributed by atoms with E-state index < -0.39 is 21.5 Å². The first-order chi connectivity index (χ1) is 10.1. The number of benzene rings is 1. The molecule has 6 nitrogen and oxygen atoms in total. The van der Waals surface area contributed by atoms with Crippen LogP contribution in [0.4, 0.5) is 4.79 Å². The summed E-state index contributed by atoms with van der Waals surface area (Å²) in [5.74, 6) is 0. The first-order valence-corrected chi connectivity index (χ1v) is 8.72. The molecule has 2 aromatic rings. The molecule has 1 amide bonds. The van der Waals surface area contributed by atoms with Gasteiger partial charge in [0.2, 0.25) is 0 Å². The number of carbonyl (C=O) groups is 1. The van der Waals surface area contributed by atoms with Crippen molar-refractivity contribution in [3.8, 4) is 0 Å². The highest BCUT2D eigenvalue weighted by Crippen LogP contribution is 2.22. The minimum Gasteiger partial charge on any atom is -0.444 e. The van der Waals surface area contributed by atoms with Crippen LogP contribution in [0.5, 0.6) is 0 Å². The number of hydrogen-bond acceptors (Lipinski definition) is 4. The van der Waals surface area contributed by atoms with E-state index >= 15 is 0 Å². The third-order valence-electron chi connectivity index (χ3n) is 2.99. The normalized spacial score (nSPS) is 12.4. The predicted molar refractivity (Wildman–Crippen MR) is 84.5 cm³/mol. The summed E-state index contributed by atoms with van der Waals surface area (Å²) in [6.07, 6.45) is 2.40. The van der Waals surface area contributed by atoms with Gasteiger partial charge in [-0.05, 0) is 44.5 Å². The van der Waals surface area contributed by atoms with Crippen LogP contribution >= 0.6 is 0 Å². The Hall–Kier alpha value is -2.02. The van der Waals surface area contributed by atoms with Crippen molar-refractivity contribution in [3.63, 3.8) is 0 Å². The van der Waals surface area contributed by atoms with Crippen molar-refractivity contribution in [1.82, 2.24) is 10.3 Å². The lowest BCUT2D eigenvalue weighted by molar-refractivity contribution is 0.0524. The summed E-state index contributed by atoms with van der Waals surface area (Å²) in [5.41, 5.74) is 1.05. The third kappa shape index (κ3) is 4.00. The van der Waals surface area contributed by atoms with E-state index in [1.54, 1.807) is 45.2 Å². The molecule has 1 aromatic heterocycles. The number of H-pyrrole nitrogens is 1. The summed E-state index contributed by atoms with van der Waals surface area (Å²) in [4.78, 5) is 15.0. The zero-order valence-corrected chi connectivity index (χ0v) is 13.9. The molecule has 0 atom stereocenters. The number of fused-ring (bicyclic) bond motifs is 1. The molecule has 0 aliphatic heterocycles. The second kappa shape index (κ2) is 5.64. The van der Waals surface area contributed by atoms with Crippen LogP contribution < -0.4 is 5.32 Å². The molecule has 2 N–H and O–H groups in total. The molecule has 0 aliphatic rings. The van der Waals surface area contributed by atoms with Gasteiger partial charge in [0, 0.05) is 29.9 Å². The van der Waals surface area contributed by atoms with Crippen LogP contribution in [0.25, 0.3) is 10.9 Å². The molecular formula is C15H20N2O4S. The van der Waals surface area contributed by atoms with E-state index in [1.165, 1.54) is 6.26 Å². The summed E-state index contributed by atoms with van der Waals surface area (Å²) in [5, 5.41) is 3.42. The van der Waals surface area contributed by atoms with Crippen LogP contribution in [0, 0.1) is 0 Å². The van der Waals surface area contributed by atoms with Crippen molar-refractivity contribution >= 4 is 26.8 Å². The average molecular weight is 324 g/mol. The molecule has 120 valence electrons. The Bertz CT molecular complexity index is 801. The highest BCUT2D eigenvalue weighted by Gasteiger charge is 2.16. The minimum atomic E-state index is -3.27. The van der Waals surface area contributed by atoms with Crippen molar-refractivity contribution in [2.45, 2.75) is 37.8 Å². The van der Waals surface area contributed by atoms with Gasteiger partial charge in [0.25, 0.3) is 0 Å². The molecule has 1 heterocycles. The number of hydrogen-bond donors (Lipinski definition) is 2. The molecule has 0 fully saturated rings. The van der Waals surface area contributed by atoms with Crippen LogP contribution in [0.1, 0.15) is 26.3 Å². The second-order valence-corrected chi connectivity index (χ2v) is 8.16. The number of nitrogens with one attached hydrogen (secondary N) is 2. The maximum atomic E-state index is 11.7. The Labute approximate surface area is 129 Å². The van der Waals surface area contributed by atoms with Gasteiger partial charge in [-0.3, -0.25) is 0 Å². The number of carbonyl (C=O) groups excluding carboxylic acids is 1. The first kappa shape index (κ1) is 16.4. The van der Waals surface area contributed by atoms with Crippen LogP contribution in [0.3, 0.4) is 0 Å². The fourth-order valence-corrected chi connectivity index (χ4v) is 2.66. The summed E-state index contributed by atoms with van der Waals surface area (Å²) >= 11 is 0. The lowest BCUT2D eigenvalue weighted by Crippen LogP contribution is -2.32. The van der Waals surface area contributed by atoms with E-state index in [1.807, 2.05) is 0 Å². The quantitative estimate of drug-likeness (QED) is 0.908. The highest BCUT2D eigenvalue weighted by atomic mass is 32.2. The number of rotatable bonds is 3. The van der Waals surface area contributed by atoms with Gasteiger partial charge in [-0.1, -0.05) is 0 Å². The number of aromatic nitrogens is 1. The Morgan fingerprint density at radius 3 is 2.59 bits per heavy atom. The Balaban J connectivity index is 2.20. The lowest BCUT2D eigenvalue weighted by atomic mass is 10.2. The van der Waals surface area contributed by atoms with E-state index in [-0.39, 0.29) is 11.4 Å². The molecule has 0 saturated heterocycles. The van der Waals surface area contributed by atoms with Gasteiger partial charge in [0.05, 0.1) is 4.90 Å². The molecule has 0 radical (unpaired) electrons. The summed E-state index contributed by atoms with van der Waals surface area (Å²) in [6.45, 7) is 5.62. The van der Waals surface area contributed by atoms with Crippen LogP contribution in [-0.2, 0) is 21.1 Å². The van der Waals surface area contributed by atoms with E-state index in [0.717, 1.165) is 16.5 Å². The maximum Gasteiger partial charge on any atom is 0.407 e. The maximum absolute atomic E-state index is 11.7. The van der Waals surface area contributed by atoms with Gasteiger partial charge in [-0.2, -0.15) is 0 Å². The third-order valence-corrected chi connectivity index (χ3v) is 4.10. The van der Waals surface area contributed by atoms with E-state index in [2.05, 4.69) is 10.3 Å². The van der Waals surface area contributed by atoms with Gasteiger partial charge < -0.3 is 15.0 Å². The fraction of sp³-hybridized carbons (Fsp3) is 0.400. The van der Waals surface area contributed by atoms with E-state index in [4.69, 9.17) is 4.74 Å². The zero-order valence-electron chi connectivity index (χ0n) is 13.1. The Kier molecular flexibility index (Phi) is 4.19. The number of amides is 1. The van der Waals surface area contributed by atoms with Crippen molar-refractivity contribution < 1.29 is 17.9 Å². The first-order valence-electron chi connectivity index (χ1n) is 6.83. The summed E-state index contributed by atoms with van der Waals surface area (Å²) in [6, 6.07) is 4.87. The van der Waals surface area contributed by atoms with Gasteiger partial charge in [-0.15, -0.1) is 0 Å². The zero-order chi connectivity index (χ0) is 16.5. The molecule has 0 saturated carbocycles. The van der Waals surface area contributed by atoms with E-state index in [9.17, 15) is 13.2 Å². The average Bonchev–Trinajstić information content (AvgIpc) is 2.75. The van der Waals surface area contributed by atoms with Crippen molar-refractivity contribution in [2.24, 2.45) is 0 Å². The molecule has 22 heavy (non-hydrogen) atoms. The number of aromatic amines is 1. The van der Waals surface area contributed by atoms with Gasteiger partial charge in [-0.25, -0.2) is 13.2 Å². The van der Waals surface area contributed by atoms with Crippen LogP contribution in [-0.4, -0.2) is 31.4 Å². The SMILES string of the molecule is CC(C)(C)OC(=O)NCc1c[nH]c2ccc(S(C)(=O)=O)cc12. The Morgan fingerprint density at radius 2 is 2.00 bits per heavy atom. The van der Waals surface area contributed by atoms with Gasteiger partial charge >= 0.3 is 6.09 Å². The van der Waals surface area contributed by atoms with Crippen LogP contribution in [0.2, 0.25) is 0 Å². The standard InChI is InChI=1S/C15H20N2O4S/c1-15(2,3)21-14(18)17-9-10-8-16-13-6-5-11(7-12(10)13)22(4,19)20/h5-8,16H,9H2,1-4H3,(H,17,18). The van der Waals surface area contributed by atoms with Crippen molar-refractivity contribution in [1.29, 1.82) is 0 Å². The van der Waals surface area contributed by atoms with Crippen molar-refractivity contribution in [2.75, 3.05) is 6.26 Å². The number of sulfone groups is 1. The summed E-state index contributed by atoms with van der Waals surface area (Å²) < 4.78 is 28.4. The monoisotopic (exact) mass is 324 g/mol. The minimum absolute atomic E-state index is 0.248. The molecular weight excluding hydrogens is 304 g/mol. The smallest absolute Gasteiger partial charge is 0.407 e. The molecule has 0 aliphatic carbocycles. The highest BCUT2D eigenvalue weighted by molar-refractivity contribution is 7.90. The predicted octanol–water partition coefficient (Wildman–Crippen LogP) is 2.60. The summed E-state index contributed by atoms with van der Waals surface area (Å²) in [7, 11) is -3.27. The molecule has 7 heteroatoms. The molecule has 0 unspecified atom stereocenters. The van der Waals surface area contributed by atoms with Gasteiger partial charge in [0.15, 0.2) is 9.84 Å². The van der Waals surface area contributed by atoms with E-state index in [0.29, 0.717) is 0 Å². The number of ether oxygens (including phenoxy) is 1.